The van der Waals surface area contributed by atoms with E-state index >= 15 is 0 Å². The molecule has 1 aromatic carbocycles. The highest BCUT2D eigenvalue weighted by molar-refractivity contribution is 7.89. The summed E-state index contributed by atoms with van der Waals surface area (Å²) in [6.07, 6.45) is 0.699. The molecule has 0 radical (unpaired) electrons. The lowest BCUT2D eigenvalue weighted by Gasteiger charge is -2.16. The fourth-order valence-electron chi connectivity index (χ4n) is 2.06. The van der Waals surface area contributed by atoms with E-state index in [0.717, 1.165) is 17.7 Å². The van der Waals surface area contributed by atoms with E-state index in [2.05, 4.69) is 14.9 Å². The van der Waals surface area contributed by atoms with Gasteiger partial charge in [-0.15, -0.1) is 0 Å². The molecule has 0 fully saturated rings. The summed E-state index contributed by atoms with van der Waals surface area (Å²) in [5.41, 5.74) is 1.83. The zero-order valence-electron chi connectivity index (χ0n) is 13.4. The van der Waals surface area contributed by atoms with Gasteiger partial charge in [-0.3, -0.25) is 0 Å². The molecule has 5 nitrogen and oxygen atoms in total. The Morgan fingerprint density at radius 2 is 1.95 bits per heavy atom. The predicted octanol–water partition coefficient (Wildman–Crippen LogP) is 1.20. The number of sulfonamides is 1. The van der Waals surface area contributed by atoms with Crippen molar-refractivity contribution in [1.29, 1.82) is 0 Å². The maximum absolute atomic E-state index is 12.5. The lowest BCUT2D eigenvalue weighted by molar-refractivity contribution is 0.358. The van der Waals surface area contributed by atoms with Crippen LogP contribution in [-0.2, 0) is 23.0 Å². The van der Waals surface area contributed by atoms with Crippen molar-refractivity contribution in [3.05, 3.63) is 29.3 Å². The third-order valence-corrected chi connectivity index (χ3v) is 5.05. The van der Waals surface area contributed by atoms with Gasteiger partial charge in [-0.25, -0.2) is 13.1 Å². The van der Waals surface area contributed by atoms with E-state index in [0.29, 0.717) is 31.0 Å². The molecule has 0 aromatic heterocycles. The fourth-order valence-corrected chi connectivity index (χ4v) is 3.44. The number of aryl methyl sites for hydroxylation is 1. The van der Waals surface area contributed by atoms with E-state index < -0.39 is 10.0 Å². The van der Waals surface area contributed by atoms with Crippen LogP contribution in [0.15, 0.2) is 23.1 Å². The van der Waals surface area contributed by atoms with E-state index in [1.807, 2.05) is 40.1 Å². The molecule has 0 atom stereocenters. The maximum atomic E-state index is 12.5. The highest BCUT2D eigenvalue weighted by Gasteiger charge is 2.18. The van der Waals surface area contributed by atoms with Crippen molar-refractivity contribution in [1.82, 2.24) is 14.9 Å². The van der Waals surface area contributed by atoms with Gasteiger partial charge in [0.05, 0.1) is 4.90 Å². The Hall–Kier alpha value is -0.950. The fraction of sp³-hybridized carbons (Fsp3) is 0.600. The van der Waals surface area contributed by atoms with Crippen LogP contribution in [0.1, 0.15) is 25.0 Å². The van der Waals surface area contributed by atoms with Gasteiger partial charge in [0.1, 0.15) is 0 Å². The summed E-state index contributed by atoms with van der Waals surface area (Å²) in [6, 6.07) is 5.64. The van der Waals surface area contributed by atoms with Crippen molar-refractivity contribution in [2.75, 3.05) is 33.7 Å². The van der Waals surface area contributed by atoms with Crippen molar-refractivity contribution < 1.29 is 8.42 Å². The molecule has 0 bridgehead atoms. The van der Waals surface area contributed by atoms with Crippen molar-refractivity contribution in [3.63, 3.8) is 0 Å². The molecule has 0 spiro atoms. The lowest BCUT2D eigenvalue weighted by atomic mass is 10.1. The van der Waals surface area contributed by atoms with Crippen LogP contribution < -0.4 is 10.0 Å². The summed E-state index contributed by atoms with van der Waals surface area (Å²) in [4.78, 5) is 2.47. The van der Waals surface area contributed by atoms with Gasteiger partial charge in [-0.05, 0) is 44.3 Å². The summed E-state index contributed by atoms with van der Waals surface area (Å²) in [6.45, 7) is 6.70. The number of nitrogens with zero attached hydrogens (tertiary/aromatic N) is 1. The van der Waals surface area contributed by atoms with Crippen molar-refractivity contribution in [2.24, 2.45) is 0 Å². The zero-order chi connectivity index (χ0) is 15.9. The lowest BCUT2D eigenvalue weighted by Crippen LogP contribution is -2.33. The molecule has 2 N–H and O–H groups in total. The SMILES string of the molecule is CCc1ccc(CNC)cc1S(=O)(=O)NCCN(C)CC. The van der Waals surface area contributed by atoms with Gasteiger partial charge in [0.2, 0.25) is 10.0 Å². The smallest absolute Gasteiger partial charge is 0.240 e. The second kappa shape index (κ2) is 8.48. The summed E-state index contributed by atoms with van der Waals surface area (Å²) >= 11 is 0. The minimum atomic E-state index is -3.45. The van der Waals surface area contributed by atoms with Gasteiger partial charge in [-0.2, -0.15) is 0 Å². The van der Waals surface area contributed by atoms with E-state index in [-0.39, 0.29) is 0 Å². The summed E-state index contributed by atoms with van der Waals surface area (Å²) in [5.74, 6) is 0. The number of rotatable bonds is 9. The molecule has 1 rings (SSSR count). The summed E-state index contributed by atoms with van der Waals surface area (Å²) in [7, 11) is 0.367. The van der Waals surface area contributed by atoms with Crippen LogP contribution in [0.3, 0.4) is 0 Å². The Morgan fingerprint density at radius 3 is 2.52 bits per heavy atom. The molecular formula is C15H27N3O2S. The molecule has 21 heavy (non-hydrogen) atoms. The molecule has 0 unspecified atom stereocenters. The first-order chi connectivity index (χ1) is 9.94. The van der Waals surface area contributed by atoms with Crippen molar-refractivity contribution in [2.45, 2.75) is 31.7 Å². The number of nitrogens with one attached hydrogen (secondary N) is 2. The van der Waals surface area contributed by atoms with Gasteiger partial charge in [0.15, 0.2) is 0 Å². The highest BCUT2D eigenvalue weighted by atomic mass is 32.2. The van der Waals surface area contributed by atoms with Crippen LogP contribution in [0.5, 0.6) is 0 Å². The third kappa shape index (κ3) is 5.39. The first-order valence-electron chi connectivity index (χ1n) is 7.39. The molecule has 120 valence electrons. The van der Waals surface area contributed by atoms with Crippen LogP contribution in [0.4, 0.5) is 0 Å². The average Bonchev–Trinajstić information content (AvgIpc) is 2.47. The Bertz CT molecular complexity index is 544. The van der Waals surface area contributed by atoms with Crippen LogP contribution in [0, 0.1) is 0 Å². The van der Waals surface area contributed by atoms with Crippen molar-refractivity contribution in [3.8, 4) is 0 Å². The molecule has 0 aliphatic carbocycles. The predicted molar refractivity (Wildman–Crippen MR) is 86.9 cm³/mol. The standard InChI is InChI=1S/C15H27N3O2S/c1-5-14-8-7-13(12-16-3)11-15(14)21(19,20)17-9-10-18(4)6-2/h7-8,11,16-17H,5-6,9-10,12H2,1-4H3. The number of benzene rings is 1. The minimum Gasteiger partial charge on any atom is -0.316 e. The summed E-state index contributed by atoms with van der Waals surface area (Å²) in [5, 5.41) is 3.04. The molecule has 0 aliphatic heterocycles. The first kappa shape index (κ1) is 18.1. The molecular weight excluding hydrogens is 286 g/mol. The van der Waals surface area contributed by atoms with Crippen LogP contribution >= 0.6 is 0 Å². The van der Waals surface area contributed by atoms with E-state index in [1.54, 1.807) is 6.07 Å². The Labute approximate surface area is 128 Å². The van der Waals surface area contributed by atoms with Crippen LogP contribution in [0.2, 0.25) is 0 Å². The van der Waals surface area contributed by atoms with Crippen LogP contribution in [-0.4, -0.2) is 47.0 Å². The van der Waals surface area contributed by atoms with Gasteiger partial charge < -0.3 is 10.2 Å². The number of hydrogen-bond donors (Lipinski definition) is 2. The van der Waals surface area contributed by atoms with Gasteiger partial charge in [0, 0.05) is 19.6 Å². The van der Waals surface area contributed by atoms with E-state index in [4.69, 9.17) is 0 Å². The monoisotopic (exact) mass is 313 g/mol. The molecule has 0 amide bonds. The Balaban J connectivity index is 2.92. The zero-order valence-corrected chi connectivity index (χ0v) is 14.3. The van der Waals surface area contributed by atoms with Crippen molar-refractivity contribution >= 4 is 10.0 Å². The minimum absolute atomic E-state index is 0.400. The Morgan fingerprint density at radius 1 is 1.24 bits per heavy atom. The first-order valence-corrected chi connectivity index (χ1v) is 8.87. The van der Waals surface area contributed by atoms with Gasteiger partial charge in [0.25, 0.3) is 0 Å². The molecule has 6 heteroatoms. The molecule has 0 heterocycles. The second-order valence-electron chi connectivity index (χ2n) is 5.12. The Kier molecular flexibility index (Phi) is 7.31. The molecule has 0 aliphatic rings. The number of hydrogen-bond acceptors (Lipinski definition) is 4. The maximum Gasteiger partial charge on any atom is 0.240 e. The van der Waals surface area contributed by atoms with Gasteiger partial charge in [-0.1, -0.05) is 26.0 Å². The second-order valence-corrected chi connectivity index (χ2v) is 6.86. The topological polar surface area (TPSA) is 61.4 Å². The largest absolute Gasteiger partial charge is 0.316 e. The normalized spacial score (nSPS) is 12.0. The molecule has 0 saturated carbocycles. The quantitative estimate of drug-likeness (QED) is 0.719. The van der Waals surface area contributed by atoms with E-state index in [1.165, 1.54) is 0 Å². The van der Waals surface area contributed by atoms with Crippen LogP contribution in [0.25, 0.3) is 0 Å². The summed E-state index contributed by atoms with van der Waals surface area (Å²) < 4.78 is 27.7. The third-order valence-electron chi connectivity index (χ3n) is 3.51. The molecule has 1 aromatic rings. The van der Waals surface area contributed by atoms with Gasteiger partial charge >= 0.3 is 0 Å². The highest BCUT2D eigenvalue weighted by Crippen LogP contribution is 2.18. The van der Waals surface area contributed by atoms with E-state index in [9.17, 15) is 8.42 Å². The molecule has 0 saturated heterocycles. The average molecular weight is 313 g/mol. The number of likely N-dealkylation sites (N-methyl/N-ethyl adjacent to an activating group) is 1.